The van der Waals surface area contributed by atoms with Crippen molar-refractivity contribution in [3.8, 4) is 11.5 Å². The molecule has 172 valence electrons. The van der Waals surface area contributed by atoms with E-state index in [0.717, 1.165) is 35.2 Å². The maximum absolute atomic E-state index is 13.2. The van der Waals surface area contributed by atoms with Crippen molar-refractivity contribution in [3.63, 3.8) is 0 Å². The van der Waals surface area contributed by atoms with Crippen LogP contribution in [-0.4, -0.2) is 55.6 Å². The molecule has 2 aromatic carbocycles. The van der Waals surface area contributed by atoms with Crippen LogP contribution in [0.4, 0.5) is 10.5 Å². The summed E-state index contributed by atoms with van der Waals surface area (Å²) >= 11 is 0. The number of anilines is 1. The van der Waals surface area contributed by atoms with Gasteiger partial charge in [-0.15, -0.1) is 0 Å². The number of benzene rings is 2. The number of methoxy groups -OCH3 is 2. The Hall–Kier alpha value is -3.22. The third-order valence-corrected chi connectivity index (χ3v) is 5.88. The van der Waals surface area contributed by atoms with Gasteiger partial charge in [-0.3, -0.25) is 4.79 Å². The summed E-state index contributed by atoms with van der Waals surface area (Å²) in [6.07, 6.45) is 1.50. The predicted molar refractivity (Wildman–Crippen MR) is 125 cm³/mol. The molecule has 32 heavy (non-hydrogen) atoms. The van der Waals surface area contributed by atoms with E-state index in [-0.39, 0.29) is 24.5 Å². The van der Waals surface area contributed by atoms with Crippen molar-refractivity contribution in [1.29, 1.82) is 0 Å². The highest BCUT2D eigenvalue weighted by molar-refractivity contribution is 5.92. The van der Waals surface area contributed by atoms with Gasteiger partial charge in [0.05, 0.1) is 20.3 Å². The summed E-state index contributed by atoms with van der Waals surface area (Å²) < 4.78 is 10.9. The third-order valence-electron chi connectivity index (χ3n) is 5.88. The largest absolute Gasteiger partial charge is 0.493 e. The molecule has 0 radical (unpaired) electrons. The second kappa shape index (κ2) is 10.4. The van der Waals surface area contributed by atoms with Gasteiger partial charge in [0.2, 0.25) is 5.91 Å². The van der Waals surface area contributed by atoms with E-state index in [0.29, 0.717) is 24.6 Å². The number of urea groups is 1. The van der Waals surface area contributed by atoms with Crippen LogP contribution >= 0.6 is 0 Å². The van der Waals surface area contributed by atoms with Gasteiger partial charge in [0.15, 0.2) is 11.5 Å². The zero-order valence-corrected chi connectivity index (χ0v) is 19.6. The van der Waals surface area contributed by atoms with Gasteiger partial charge in [0, 0.05) is 18.8 Å². The van der Waals surface area contributed by atoms with Crippen LogP contribution in [0.5, 0.6) is 11.5 Å². The smallest absolute Gasteiger partial charge is 0.322 e. The molecule has 2 aromatic rings. The molecule has 7 nitrogen and oxygen atoms in total. The Bertz CT molecular complexity index is 976. The minimum atomic E-state index is -0.262. The van der Waals surface area contributed by atoms with Crippen LogP contribution in [0.1, 0.15) is 43.0 Å². The molecule has 0 spiro atoms. The summed E-state index contributed by atoms with van der Waals surface area (Å²) in [5, 5.41) is 2.92. The fourth-order valence-electron chi connectivity index (χ4n) is 4.19. The van der Waals surface area contributed by atoms with Crippen molar-refractivity contribution >= 4 is 17.6 Å². The van der Waals surface area contributed by atoms with Crippen LogP contribution in [0.15, 0.2) is 36.4 Å². The lowest BCUT2D eigenvalue weighted by Crippen LogP contribution is -2.47. The molecule has 0 bridgehead atoms. The molecule has 1 unspecified atom stereocenters. The van der Waals surface area contributed by atoms with Crippen molar-refractivity contribution in [2.75, 3.05) is 39.2 Å². The van der Waals surface area contributed by atoms with Crippen molar-refractivity contribution in [3.05, 3.63) is 53.1 Å². The first-order chi connectivity index (χ1) is 15.4. The van der Waals surface area contributed by atoms with Gasteiger partial charge < -0.3 is 24.6 Å². The second-order valence-electron chi connectivity index (χ2n) is 8.14. The number of rotatable bonds is 7. The maximum atomic E-state index is 13.2. The van der Waals surface area contributed by atoms with Gasteiger partial charge in [0.1, 0.15) is 6.54 Å². The number of hydrogen-bond donors (Lipinski definition) is 1. The average molecular weight is 440 g/mol. The van der Waals surface area contributed by atoms with Crippen molar-refractivity contribution < 1.29 is 19.1 Å². The number of nitrogens with zero attached hydrogens (tertiary/aromatic N) is 2. The Balaban J connectivity index is 1.73. The highest BCUT2D eigenvalue weighted by Gasteiger charge is 2.30. The molecule has 0 aromatic heterocycles. The lowest BCUT2D eigenvalue weighted by molar-refractivity contribution is -0.134. The summed E-state index contributed by atoms with van der Waals surface area (Å²) in [7, 11) is 3.23. The predicted octanol–water partition coefficient (Wildman–Crippen LogP) is 4.40. The molecular weight excluding hydrogens is 406 g/mol. The number of carbonyl (C=O) groups is 2. The summed E-state index contributed by atoms with van der Waals surface area (Å²) in [5.41, 5.74) is 3.99. The molecule has 0 aliphatic carbocycles. The molecule has 0 saturated carbocycles. The molecule has 3 rings (SSSR count). The van der Waals surface area contributed by atoms with E-state index in [9.17, 15) is 9.59 Å². The van der Waals surface area contributed by atoms with Crippen LogP contribution < -0.4 is 14.8 Å². The Morgan fingerprint density at radius 3 is 2.53 bits per heavy atom. The van der Waals surface area contributed by atoms with Crippen LogP contribution in [0.2, 0.25) is 0 Å². The van der Waals surface area contributed by atoms with E-state index in [1.807, 2.05) is 62.1 Å². The number of hydrogen-bond acceptors (Lipinski definition) is 4. The molecule has 7 heteroatoms. The monoisotopic (exact) mass is 439 g/mol. The summed E-state index contributed by atoms with van der Waals surface area (Å²) in [5.74, 6) is 1.28. The van der Waals surface area contributed by atoms with Crippen molar-refractivity contribution in [1.82, 2.24) is 9.80 Å². The standard InChI is InChI=1S/C25H33N3O4/c1-6-11-27(25(30)26-20-9-7-8-17(2)13-20)16-24(29)28-12-10-19-14-22(31-4)23(32-5)15-21(19)18(28)3/h7-9,13-15,18H,6,10-12,16H2,1-5H3,(H,26,30). The van der Waals surface area contributed by atoms with E-state index in [1.165, 1.54) is 0 Å². The zero-order valence-electron chi connectivity index (χ0n) is 19.6. The molecule has 1 aliphatic heterocycles. The number of ether oxygens (including phenoxy) is 2. The number of carbonyl (C=O) groups excluding carboxylic acids is 2. The molecule has 1 aliphatic rings. The second-order valence-corrected chi connectivity index (χ2v) is 8.14. The third kappa shape index (κ3) is 5.15. The normalized spacial score (nSPS) is 15.0. The van der Waals surface area contributed by atoms with Gasteiger partial charge in [-0.05, 0) is 67.6 Å². The average Bonchev–Trinajstić information content (AvgIpc) is 2.78. The van der Waals surface area contributed by atoms with Gasteiger partial charge in [0.25, 0.3) is 0 Å². The Morgan fingerprint density at radius 2 is 1.88 bits per heavy atom. The first-order valence-electron chi connectivity index (χ1n) is 11.0. The SMILES string of the molecule is CCCN(CC(=O)N1CCc2cc(OC)c(OC)cc2C1C)C(=O)Nc1cccc(C)c1. The summed E-state index contributed by atoms with van der Waals surface area (Å²) in [4.78, 5) is 29.5. The van der Waals surface area contributed by atoms with Crippen molar-refractivity contribution in [2.24, 2.45) is 0 Å². The number of fused-ring (bicyclic) bond motifs is 1. The first kappa shape index (κ1) is 23.4. The quantitative estimate of drug-likeness (QED) is 0.694. The molecule has 3 amide bonds. The zero-order chi connectivity index (χ0) is 23.3. The molecule has 1 N–H and O–H groups in total. The molecule has 1 atom stereocenters. The Labute approximate surface area is 190 Å². The lowest BCUT2D eigenvalue weighted by atomic mass is 9.92. The van der Waals surface area contributed by atoms with Crippen LogP contribution in [0.25, 0.3) is 0 Å². The highest BCUT2D eigenvalue weighted by atomic mass is 16.5. The van der Waals surface area contributed by atoms with Gasteiger partial charge in [-0.25, -0.2) is 4.79 Å². The number of nitrogens with one attached hydrogen (secondary N) is 1. The highest BCUT2D eigenvalue weighted by Crippen LogP contribution is 2.37. The van der Waals surface area contributed by atoms with E-state index in [4.69, 9.17) is 9.47 Å². The fourth-order valence-corrected chi connectivity index (χ4v) is 4.19. The van der Waals surface area contributed by atoms with Crippen LogP contribution in [0, 0.1) is 6.92 Å². The lowest BCUT2D eigenvalue weighted by Gasteiger charge is -2.37. The Kier molecular flexibility index (Phi) is 7.62. The topological polar surface area (TPSA) is 71.1 Å². The Morgan fingerprint density at radius 1 is 1.16 bits per heavy atom. The van der Waals surface area contributed by atoms with E-state index in [1.54, 1.807) is 19.1 Å². The van der Waals surface area contributed by atoms with Crippen molar-refractivity contribution in [2.45, 2.75) is 39.7 Å². The van der Waals surface area contributed by atoms with Crippen LogP contribution in [0.3, 0.4) is 0 Å². The van der Waals surface area contributed by atoms with E-state index in [2.05, 4.69) is 5.32 Å². The first-order valence-corrected chi connectivity index (χ1v) is 11.0. The summed E-state index contributed by atoms with van der Waals surface area (Å²) in [6, 6.07) is 11.2. The van der Waals surface area contributed by atoms with E-state index < -0.39 is 0 Å². The fraction of sp³-hybridized carbons (Fsp3) is 0.440. The minimum absolute atomic E-state index is 0.0401. The van der Waals surface area contributed by atoms with Gasteiger partial charge >= 0.3 is 6.03 Å². The maximum Gasteiger partial charge on any atom is 0.322 e. The number of amides is 3. The summed E-state index contributed by atoms with van der Waals surface area (Å²) in [6.45, 7) is 7.13. The molecule has 1 heterocycles. The molecule has 0 fully saturated rings. The van der Waals surface area contributed by atoms with Crippen LogP contribution in [-0.2, 0) is 11.2 Å². The van der Waals surface area contributed by atoms with Gasteiger partial charge in [-0.2, -0.15) is 0 Å². The number of aryl methyl sites for hydroxylation is 1. The molecular formula is C25H33N3O4. The van der Waals surface area contributed by atoms with E-state index >= 15 is 0 Å². The van der Waals surface area contributed by atoms with Gasteiger partial charge in [-0.1, -0.05) is 19.1 Å². The molecule has 0 saturated heterocycles. The minimum Gasteiger partial charge on any atom is -0.493 e.